The zero-order valence-electron chi connectivity index (χ0n) is 19.8. The molecule has 3 aliphatic rings. The van der Waals surface area contributed by atoms with Crippen molar-refractivity contribution in [2.75, 3.05) is 55.8 Å². The third-order valence-corrected chi connectivity index (χ3v) is 6.65. The van der Waals surface area contributed by atoms with Gasteiger partial charge in [-0.25, -0.2) is 14.8 Å². The Labute approximate surface area is 204 Å². The predicted molar refractivity (Wildman–Crippen MR) is 129 cm³/mol. The third-order valence-electron chi connectivity index (χ3n) is 6.65. The summed E-state index contributed by atoms with van der Waals surface area (Å²) in [5.41, 5.74) is 12.9. The first kappa shape index (κ1) is 23.3. The van der Waals surface area contributed by atoms with Gasteiger partial charge in [0.25, 0.3) is 0 Å². The summed E-state index contributed by atoms with van der Waals surface area (Å²) in [4.78, 5) is 33.8. The van der Waals surface area contributed by atoms with E-state index in [4.69, 9.17) is 30.7 Å². The van der Waals surface area contributed by atoms with Gasteiger partial charge < -0.3 is 35.5 Å². The minimum absolute atomic E-state index is 0.0688. The van der Waals surface area contributed by atoms with Gasteiger partial charge in [-0.1, -0.05) is 0 Å². The maximum atomic E-state index is 12.5. The highest BCUT2D eigenvalue weighted by Gasteiger charge is 2.28. The number of anilines is 3. The largest absolute Gasteiger partial charge is 0.474 e. The topological polar surface area (TPSA) is 155 Å². The quantitative estimate of drug-likeness (QED) is 0.639. The molecule has 0 radical (unpaired) electrons. The van der Waals surface area contributed by atoms with Crippen molar-refractivity contribution in [2.24, 2.45) is 0 Å². The summed E-state index contributed by atoms with van der Waals surface area (Å²) in [5, 5.41) is 0. The second-order valence-electron chi connectivity index (χ2n) is 9.11. The number of carbonyl (C=O) groups is 1. The molecule has 2 aromatic rings. The molecular weight excluding hydrogens is 452 g/mol. The lowest BCUT2D eigenvalue weighted by Crippen LogP contribution is -2.43. The fraction of sp³-hybridized carbons (Fsp3) is 0.609. The molecule has 5 rings (SSSR count). The fourth-order valence-corrected chi connectivity index (χ4v) is 4.67. The lowest BCUT2D eigenvalue weighted by atomic mass is 10.1. The molecule has 1 aliphatic carbocycles. The van der Waals surface area contributed by atoms with E-state index in [2.05, 4.69) is 19.9 Å². The Bertz CT molecular complexity index is 1030. The SMILES string of the molecule is Nc1ncc(-c2cc(OC3CCN(C(=O)OC4CCCC4)CC3)nc(N3CCOCC3)n2)c(N)n1. The molecule has 2 aliphatic heterocycles. The Balaban J connectivity index is 1.29. The predicted octanol–water partition coefficient (Wildman–Crippen LogP) is 1.86. The molecule has 12 heteroatoms. The first-order valence-electron chi connectivity index (χ1n) is 12.3. The third kappa shape index (κ3) is 5.64. The van der Waals surface area contributed by atoms with Gasteiger partial charge in [0.15, 0.2) is 0 Å². The van der Waals surface area contributed by atoms with Gasteiger partial charge >= 0.3 is 6.09 Å². The zero-order valence-corrected chi connectivity index (χ0v) is 19.8. The maximum absolute atomic E-state index is 12.5. The molecular formula is C23H32N8O4. The van der Waals surface area contributed by atoms with Gasteiger partial charge in [-0.05, 0) is 25.7 Å². The number of carbonyl (C=O) groups excluding carboxylic acids is 1. The van der Waals surface area contributed by atoms with Gasteiger partial charge in [0, 0.05) is 51.3 Å². The molecule has 0 unspecified atom stereocenters. The molecule has 1 amide bonds. The van der Waals surface area contributed by atoms with E-state index in [1.54, 1.807) is 17.2 Å². The Kier molecular flexibility index (Phi) is 6.98. The van der Waals surface area contributed by atoms with E-state index in [0.717, 1.165) is 25.7 Å². The summed E-state index contributed by atoms with van der Waals surface area (Å²) in [6.45, 7) is 3.74. The molecule has 35 heavy (non-hydrogen) atoms. The number of piperidine rings is 1. The number of nitrogens with two attached hydrogens (primary N) is 2. The molecule has 0 spiro atoms. The Morgan fingerprint density at radius 3 is 2.43 bits per heavy atom. The van der Waals surface area contributed by atoms with E-state index in [0.29, 0.717) is 75.3 Å². The Hall–Kier alpha value is -3.41. The van der Waals surface area contributed by atoms with Crippen molar-refractivity contribution in [3.05, 3.63) is 12.3 Å². The number of amides is 1. The van der Waals surface area contributed by atoms with Crippen LogP contribution in [0.3, 0.4) is 0 Å². The molecule has 1 saturated carbocycles. The molecule has 2 saturated heterocycles. The average molecular weight is 485 g/mol. The molecule has 3 fully saturated rings. The molecule has 0 bridgehead atoms. The van der Waals surface area contributed by atoms with Crippen LogP contribution >= 0.6 is 0 Å². The fourth-order valence-electron chi connectivity index (χ4n) is 4.67. The van der Waals surface area contributed by atoms with Crippen molar-refractivity contribution in [1.82, 2.24) is 24.8 Å². The van der Waals surface area contributed by atoms with Gasteiger partial charge in [0.05, 0.1) is 24.5 Å². The number of likely N-dealkylation sites (tertiary alicyclic amines) is 1. The van der Waals surface area contributed by atoms with E-state index in [1.165, 1.54) is 0 Å². The first-order valence-corrected chi connectivity index (χ1v) is 12.3. The van der Waals surface area contributed by atoms with E-state index in [9.17, 15) is 4.79 Å². The van der Waals surface area contributed by atoms with Gasteiger partial charge in [-0.2, -0.15) is 9.97 Å². The smallest absolute Gasteiger partial charge is 0.410 e. The molecule has 0 atom stereocenters. The van der Waals surface area contributed by atoms with E-state index in [1.807, 2.05) is 0 Å². The van der Waals surface area contributed by atoms with Crippen LogP contribution in [0.5, 0.6) is 5.88 Å². The van der Waals surface area contributed by atoms with Crippen LogP contribution in [0.15, 0.2) is 12.3 Å². The van der Waals surface area contributed by atoms with E-state index < -0.39 is 0 Å². The van der Waals surface area contributed by atoms with Crippen LogP contribution in [0, 0.1) is 0 Å². The minimum atomic E-state index is -0.215. The standard InChI is InChI=1S/C23H32N8O4/c24-20-17(14-26-21(25)29-20)18-13-19(28-22(27-18)30-9-11-33-12-10-30)34-16-5-7-31(8-6-16)23(32)35-15-3-1-2-4-15/h13-16H,1-12H2,(H4,24,25,26,29). The van der Waals surface area contributed by atoms with Crippen LogP contribution < -0.4 is 21.1 Å². The van der Waals surface area contributed by atoms with Crippen molar-refractivity contribution in [1.29, 1.82) is 0 Å². The van der Waals surface area contributed by atoms with Crippen molar-refractivity contribution >= 4 is 23.8 Å². The number of nitrogen functional groups attached to an aromatic ring is 2. The minimum Gasteiger partial charge on any atom is -0.474 e. The lowest BCUT2D eigenvalue weighted by molar-refractivity contribution is 0.0431. The molecule has 4 heterocycles. The van der Waals surface area contributed by atoms with Gasteiger partial charge in [-0.3, -0.25) is 0 Å². The average Bonchev–Trinajstić information content (AvgIpc) is 3.38. The van der Waals surface area contributed by atoms with Crippen LogP contribution in [0.25, 0.3) is 11.3 Å². The summed E-state index contributed by atoms with van der Waals surface area (Å²) < 4.78 is 17.4. The highest BCUT2D eigenvalue weighted by atomic mass is 16.6. The highest BCUT2D eigenvalue weighted by Crippen LogP contribution is 2.29. The summed E-state index contributed by atoms with van der Waals surface area (Å²) in [6, 6.07) is 1.75. The second-order valence-corrected chi connectivity index (χ2v) is 9.11. The molecule has 0 aromatic carbocycles. The van der Waals surface area contributed by atoms with E-state index in [-0.39, 0.29) is 30.1 Å². The number of aromatic nitrogens is 4. The number of ether oxygens (including phenoxy) is 3. The second kappa shape index (κ2) is 10.5. The van der Waals surface area contributed by atoms with Crippen LogP contribution in [0.4, 0.5) is 22.5 Å². The number of rotatable bonds is 5. The highest BCUT2D eigenvalue weighted by molar-refractivity contribution is 5.72. The van der Waals surface area contributed by atoms with Crippen molar-refractivity contribution in [2.45, 2.75) is 50.7 Å². The maximum Gasteiger partial charge on any atom is 0.410 e. The zero-order chi connectivity index (χ0) is 24.2. The summed E-state index contributed by atoms with van der Waals surface area (Å²) in [7, 11) is 0. The lowest BCUT2D eigenvalue weighted by Gasteiger charge is -2.32. The number of nitrogens with zero attached hydrogens (tertiary/aromatic N) is 6. The summed E-state index contributed by atoms with van der Waals surface area (Å²) in [6.07, 6.45) is 6.93. The summed E-state index contributed by atoms with van der Waals surface area (Å²) in [5.74, 6) is 1.32. The van der Waals surface area contributed by atoms with Crippen LogP contribution in [0.1, 0.15) is 38.5 Å². The number of morpholine rings is 1. The number of hydrogen-bond acceptors (Lipinski definition) is 11. The molecule has 188 valence electrons. The molecule has 4 N–H and O–H groups in total. The van der Waals surface area contributed by atoms with Crippen molar-refractivity contribution in [3.8, 4) is 17.1 Å². The summed E-state index contributed by atoms with van der Waals surface area (Å²) >= 11 is 0. The van der Waals surface area contributed by atoms with E-state index >= 15 is 0 Å². The van der Waals surface area contributed by atoms with Crippen LogP contribution in [-0.4, -0.2) is 82.5 Å². The molecule has 12 nitrogen and oxygen atoms in total. The Morgan fingerprint density at radius 1 is 0.971 bits per heavy atom. The van der Waals surface area contributed by atoms with Gasteiger partial charge in [0.1, 0.15) is 18.0 Å². The monoisotopic (exact) mass is 484 g/mol. The normalized spacial score (nSPS) is 19.7. The van der Waals surface area contributed by atoms with Crippen molar-refractivity contribution in [3.63, 3.8) is 0 Å². The number of hydrogen-bond donors (Lipinski definition) is 2. The van der Waals surface area contributed by atoms with Crippen LogP contribution in [-0.2, 0) is 9.47 Å². The van der Waals surface area contributed by atoms with Crippen LogP contribution in [0.2, 0.25) is 0 Å². The van der Waals surface area contributed by atoms with Gasteiger partial charge in [-0.15, -0.1) is 0 Å². The first-order chi connectivity index (χ1) is 17.0. The Morgan fingerprint density at radius 2 is 1.71 bits per heavy atom. The molecule has 2 aromatic heterocycles. The van der Waals surface area contributed by atoms with Crippen molar-refractivity contribution < 1.29 is 19.0 Å². The van der Waals surface area contributed by atoms with Gasteiger partial charge in [0.2, 0.25) is 17.8 Å².